The molecule has 0 saturated heterocycles. The number of benzene rings is 1. The van der Waals surface area contributed by atoms with Gasteiger partial charge in [0.1, 0.15) is 0 Å². The Morgan fingerprint density at radius 1 is 0.917 bits per heavy atom. The first kappa shape index (κ1) is 18.8. The number of esters is 2. The molecule has 0 amide bonds. The molecule has 0 aromatic heterocycles. The van der Waals surface area contributed by atoms with Crippen LogP contribution >= 0.6 is 0 Å². The summed E-state index contributed by atoms with van der Waals surface area (Å²) in [5, 5.41) is 0. The van der Waals surface area contributed by atoms with Gasteiger partial charge in [-0.2, -0.15) is 0 Å². The summed E-state index contributed by atoms with van der Waals surface area (Å²) >= 11 is -0.455. The monoisotopic (exact) mass is 396 g/mol. The zero-order chi connectivity index (χ0) is 18.2. The van der Waals surface area contributed by atoms with Crippen molar-refractivity contribution in [1.29, 1.82) is 0 Å². The molecule has 0 atom stereocenters. The third-order valence-corrected chi connectivity index (χ3v) is 5.99. The Balaban J connectivity index is 2.44. The number of fused-ring (bicyclic) bond motifs is 1. The van der Waals surface area contributed by atoms with E-state index in [9.17, 15) is 9.59 Å². The summed E-state index contributed by atoms with van der Waals surface area (Å²) in [6, 6.07) is 7.77. The van der Waals surface area contributed by atoms with Crippen molar-refractivity contribution in [3.63, 3.8) is 0 Å². The van der Waals surface area contributed by atoms with Crippen molar-refractivity contribution in [1.82, 2.24) is 0 Å². The molecule has 5 heteroatoms. The molecule has 1 heterocycles. The van der Waals surface area contributed by atoms with Crippen molar-refractivity contribution in [2.24, 2.45) is 0 Å². The molecular formula is C19H24O4Se. The minimum atomic E-state index is -1.39. The molecule has 4 nitrogen and oxygen atoms in total. The third kappa shape index (κ3) is 4.28. The predicted octanol–water partition coefficient (Wildman–Crippen LogP) is 2.89. The van der Waals surface area contributed by atoms with E-state index in [1.807, 2.05) is 30.3 Å². The molecular weight excluding hydrogens is 371 g/mol. The van der Waals surface area contributed by atoms with Gasteiger partial charge in [-0.15, -0.1) is 0 Å². The molecule has 0 unspecified atom stereocenters. The zero-order valence-corrected chi connectivity index (χ0v) is 16.7. The number of carbonyl (C=O) groups is 2. The quantitative estimate of drug-likeness (QED) is 0.439. The summed E-state index contributed by atoms with van der Waals surface area (Å²) in [6.45, 7) is 10.8. The number of ether oxygens (including phenoxy) is 2. The van der Waals surface area contributed by atoms with E-state index in [0.717, 1.165) is 10.0 Å². The number of rotatable bonds is 2. The van der Waals surface area contributed by atoms with Crippen LogP contribution in [0.4, 0.5) is 0 Å². The maximum absolute atomic E-state index is 12.9. The maximum atomic E-state index is 12.9. The fraction of sp³-hybridized carbons (Fsp3) is 0.474. The van der Waals surface area contributed by atoms with E-state index in [1.165, 1.54) is 0 Å². The molecule has 1 aliphatic heterocycles. The van der Waals surface area contributed by atoms with Gasteiger partial charge in [-0.3, -0.25) is 0 Å². The van der Waals surface area contributed by atoms with Crippen molar-refractivity contribution in [3.05, 3.63) is 35.9 Å². The second-order valence-corrected chi connectivity index (χ2v) is 10.4. The zero-order valence-electron chi connectivity index (χ0n) is 15.0. The van der Waals surface area contributed by atoms with Crippen molar-refractivity contribution in [2.75, 3.05) is 0 Å². The van der Waals surface area contributed by atoms with Gasteiger partial charge in [0, 0.05) is 0 Å². The first-order valence-electron chi connectivity index (χ1n) is 7.87. The molecule has 2 rings (SSSR count). The molecule has 0 saturated carbocycles. The van der Waals surface area contributed by atoms with Crippen LogP contribution in [0, 0.1) is 0 Å². The Bertz CT molecular complexity index is 649. The van der Waals surface area contributed by atoms with E-state index < -0.39 is 42.4 Å². The summed E-state index contributed by atoms with van der Waals surface area (Å²) in [5.74, 6) is -1.09. The molecule has 24 heavy (non-hydrogen) atoms. The molecule has 0 bridgehead atoms. The summed E-state index contributed by atoms with van der Waals surface area (Å²) in [6.07, 6.45) is 3.46. The number of hydrogen-bond acceptors (Lipinski definition) is 4. The van der Waals surface area contributed by atoms with Crippen LogP contribution in [-0.4, -0.2) is 38.1 Å². The Morgan fingerprint density at radius 3 is 1.92 bits per heavy atom. The Kier molecular flexibility index (Phi) is 4.98. The predicted molar refractivity (Wildman–Crippen MR) is 95.2 cm³/mol. The first-order valence-corrected chi connectivity index (χ1v) is 9.58. The average molecular weight is 395 g/mol. The van der Waals surface area contributed by atoms with E-state index >= 15 is 0 Å². The number of carbonyl (C=O) groups excluding carboxylic acids is 2. The number of hydrogen-bond donors (Lipinski definition) is 0. The van der Waals surface area contributed by atoms with Crippen LogP contribution in [0.15, 0.2) is 30.3 Å². The van der Waals surface area contributed by atoms with Crippen LogP contribution < -0.4 is 4.46 Å². The van der Waals surface area contributed by atoms with E-state index in [2.05, 4.69) is 0 Å². The summed E-state index contributed by atoms with van der Waals surface area (Å²) in [4.78, 5) is 25.8. The molecule has 0 aliphatic carbocycles. The van der Waals surface area contributed by atoms with Gasteiger partial charge in [0.05, 0.1) is 0 Å². The summed E-state index contributed by atoms with van der Waals surface area (Å²) in [5.41, 5.74) is -0.319. The van der Waals surface area contributed by atoms with Crippen molar-refractivity contribution in [3.8, 4) is 0 Å². The second kappa shape index (κ2) is 6.38. The third-order valence-electron chi connectivity index (χ3n) is 3.09. The van der Waals surface area contributed by atoms with Gasteiger partial charge < -0.3 is 0 Å². The van der Waals surface area contributed by atoms with Crippen LogP contribution in [0.3, 0.4) is 0 Å². The first-order chi connectivity index (χ1) is 10.9. The van der Waals surface area contributed by atoms with Crippen LogP contribution in [0.2, 0.25) is 4.31 Å². The topological polar surface area (TPSA) is 52.6 Å². The molecule has 0 radical (unpaired) electrons. The van der Waals surface area contributed by atoms with Crippen LogP contribution in [-0.2, 0) is 19.1 Å². The van der Waals surface area contributed by atoms with Crippen LogP contribution in [0.5, 0.6) is 0 Å². The van der Waals surface area contributed by atoms with Crippen LogP contribution in [0.1, 0.15) is 47.1 Å². The summed E-state index contributed by atoms with van der Waals surface area (Å²) < 4.78 is 10.7. The molecule has 0 fully saturated rings. The van der Waals surface area contributed by atoms with Gasteiger partial charge in [0.15, 0.2) is 0 Å². The Labute approximate surface area is 149 Å². The van der Waals surface area contributed by atoms with E-state index in [4.69, 9.17) is 9.47 Å². The molecule has 1 aromatic rings. The fourth-order valence-corrected chi connectivity index (χ4v) is 4.51. The van der Waals surface area contributed by atoms with E-state index in [0.29, 0.717) is 0 Å². The normalized spacial score (nSPS) is 16.2. The minimum absolute atomic E-state index is 0.455. The van der Waals surface area contributed by atoms with Gasteiger partial charge in [-0.1, -0.05) is 0 Å². The Hall–Kier alpha value is -1.58. The fourth-order valence-electron chi connectivity index (χ4n) is 2.14. The van der Waals surface area contributed by atoms with Gasteiger partial charge in [-0.25, -0.2) is 0 Å². The summed E-state index contributed by atoms with van der Waals surface area (Å²) in [7, 11) is 0. The molecule has 1 aromatic carbocycles. The van der Waals surface area contributed by atoms with Crippen molar-refractivity contribution >= 4 is 37.4 Å². The molecule has 0 spiro atoms. The molecule has 130 valence electrons. The van der Waals surface area contributed by atoms with Crippen molar-refractivity contribution < 1.29 is 19.1 Å². The van der Waals surface area contributed by atoms with Crippen LogP contribution in [0.25, 0.3) is 6.08 Å². The van der Waals surface area contributed by atoms with Gasteiger partial charge in [0.25, 0.3) is 0 Å². The SMILES string of the molecule is CC(C)(C)OC(=O)C1(C(=O)OC(C)(C)C)C=Cc2ccccc2[Se]1. The van der Waals surface area contributed by atoms with E-state index in [-0.39, 0.29) is 0 Å². The van der Waals surface area contributed by atoms with Gasteiger partial charge in [-0.05, 0) is 0 Å². The van der Waals surface area contributed by atoms with Gasteiger partial charge >= 0.3 is 149 Å². The van der Waals surface area contributed by atoms with Crippen molar-refractivity contribution in [2.45, 2.75) is 57.1 Å². The average Bonchev–Trinajstić information content (AvgIpc) is 2.42. The molecule has 1 aliphatic rings. The Morgan fingerprint density at radius 2 is 1.42 bits per heavy atom. The molecule has 0 N–H and O–H groups in total. The second-order valence-electron chi connectivity index (χ2n) is 7.71. The van der Waals surface area contributed by atoms with E-state index in [1.54, 1.807) is 47.6 Å². The standard InChI is InChI=1S/C19H24O4Se/c1-17(2,3)22-15(20)19(16(21)23-18(4,5)6)12-11-13-9-7-8-10-14(13)24-19/h7-12H,1-6H3. The van der Waals surface area contributed by atoms with Gasteiger partial charge in [0.2, 0.25) is 0 Å².